The van der Waals surface area contributed by atoms with Crippen LogP contribution in [0.4, 0.5) is 4.79 Å². The Morgan fingerprint density at radius 2 is 2.17 bits per heavy atom. The lowest BCUT2D eigenvalue weighted by Crippen LogP contribution is -2.51. The zero-order valence-electron chi connectivity index (χ0n) is 15.0. The molecule has 1 aromatic carbocycles. The molecule has 0 unspecified atom stereocenters. The molecule has 5 nitrogen and oxygen atoms in total. The molecule has 24 heavy (non-hydrogen) atoms. The summed E-state index contributed by atoms with van der Waals surface area (Å²) in [7, 11) is 1.67. The van der Waals surface area contributed by atoms with E-state index in [4.69, 9.17) is 4.74 Å². The number of methoxy groups -OCH3 is 1. The summed E-state index contributed by atoms with van der Waals surface area (Å²) >= 11 is 0. The predicted octanol–water partition coefficient (Wildman–Crippen LogP) is 2.68. The summed E-state index contributed by atoms with van der Waals surface area (Å²) in [6.45, 7) is 5.79. The van der Waals surface area contributed by atoms with Crippen molar-refractivity contribution < 1.29 is 14.6 Å². The van der Waals surface area contributed by atoms with E-state index in [1.54, 1.807) is 7.11 Å². The molecule has 2 atom stereocenters. The fourth-order valence-electron chi connectivity index (χ4n) is 3.21. The summed E-state index contributed by atoms with van der Waals surface area (Å²) in [5.74, 6) is 1.38. The lowest BCUT2D eigenvalue weighted by atomic mass is 9.95. The van der Waals surface area contributed by atoms with Crippen molar-refractivity contribution in [3.8, 4) is 5.75 Å². The van der Waals surface area contributed by atoms with Gasteiger partial charge in [-0.05, 0) is 42.7 Å². The van der Waals surface area contributed by atoms with Crippen LogP contribution in [0.1, 0.15) is 32.3 Å². The highest BCUT2D eigenvalue weighted by Crippen LogP contribution is 2.22. The summed E-state index contributed by atoms with van der Waals surface area (Å²) in [5, 5.41) is 12.5. The third-order valence-corrected chi connectivity index (χ3v) is 4.81. The molecule has 0 spiro atoms. The Morgan fingerprint density at radius 1 is 1.42 bits per heavy atom. The number of nitrogens with zero attached hydrogens (tertiary/aromatic N) is 1. The number of rotatable bonds is 6. The average molecular weight is 334 g/mol. The minimum absolute atomic E-state index is 0.0262. The van der Waals surface area contributed by atoms with Crippen LogP contribution >= 0.6 is 0 Å². The quantitative estimate of drug-likeness (QED) is 0.841. The maximum atomic E-state index is 12.6. The van der Waals surface area contributed by atoms with Crippen LogP contribution in [0.15, 0.2) is 24.3 Å². The lowest BCUT2D eigenvalue weighted by Gasteiger charge is -2.34. The van der Waals surface area contributed by atoms with Crippen molar-refractivity contribution in [1.82, 2.24) is 10.2 Å². The number of para-hydroxylation sites is 1. The number of urea groups is 1. The first-order chi connectivity index (χ1) is 11.5. The Labute approximate surface area is 145 Å². The second-order valence-electron chi connectivity index (χ2n) is 6.95. The molecule has 2 rings (SSSR count). The Morgan fingerprint density at radius 3 is 2.83 bits per heavy atom. The normalized spacial score (nSPS) is 19.2. The van der Waals surface area contributed by atoms with Crippen molar-refractivity contribution >= 4 is 6.03 Å². The largest absolute Gasteiger partial charge is 0.496 e. The highest BCUT2D eigenvalue weighted by Gasteiger charge is 2.26. The molecule has 0 aromatic heterocycles. The molecule has 1 saturated heterocycles. The molecule has 0 bridgehead atoms. The van der Waals surface area contributed by atoms with E-state index in [1.807, 2.05) is 29.2 Å². The van der Waals surface area contributed by atoms with Crippen LogP contribution < -0.4 is 10.1 Å². The van der Waals surface area contributed by atoms with Crippen molar-refractivity contribution in [2.24, 2.45) is 11.8 Å². The second kappa shape index (κ2) is 8.92. The van der Waals surface area contributed by atoms with Gasteiger partial charge in [0.05, 0.1) is 7.11 Å². The van der Waals surface area contributed by atoms with E-state index in [-0.39, 0.29) is 24.6 Å². The number of likely N-dealkylation sites (tertiary alicyclic amines) is 1. The second-order valence-corrected chi connectivity index (χ2v) is 6.95. The number of hydrogen-bond donors (Lipinski definition) is 2. The van der Waals surface area contributed by atoms with E-state index in [0.717, 1.165) is 37.1 Å². The van der Waals surface area contributed by atoms with Gasteiger partial charge in [0.2, 0.25) is 0 Å². The van der Waals surface area contributed by atoms with Gasteiger partial charge in [-0.15, -0.1) is 0 Å². The van der Waals surface area contributed by atoms with Gasteiger partial charge in [0.1, 0.15) is 5.75 Å². The van der Waals surface area contributed by atoms with Crippen molar-refractivity contribution in [3.63, 3.8) is 0 Å². The highest BCUT2D eigenvalue weighted by atomic mass is 16.5. The molecule has 1 aliphatic heterocycles. The molecule has 1 aromatic rings. The van der Waals surface area contributed by atoms with Crippen LogP contribution in [0.3, 0.4) is 0 Å². The fourth-order valence-corrected chi connectivity index (χ4v) is 3.21. The zero-order valence-corrected chi connectivity index (χ0v) is 15.0. The topological polar surface area (TPSA) is 61.8 Å². The Balaban J connectivity index is 2.01. The van der Waals surface area contributed by atoms with Crippen molar-refractivity contribution in [3.05, 3.63) is 29.8 Å². The molecule has 5 heteroatoms. The average Bonchev–Trinajstić information content (AvgIpc) is 2.61. The Bertz CT molecular complexity index is 533. The molecule has 0 saturated carbocycles. The minimum atomic E-state index is -0.0262. The summed E-state index contributed by atoms with van der Waals surface area (Å²) < 4.78 is 5.42. The van der Waals surface area contributed by atoms with Crippen LogP contribution in [0.5, 0.6) is 5.75 Å². The first-order valence-electron chi connectivity index (χ1n) is 8.83. The van der Waals surface area contributed by atoms with Gasteiger partial charge in [-0.2, -0.15) is 0 Å². The van der Waals surface area contributed by atoms with Crippen LogP contribution in [0.25, 0.3) is 0 Å². The van der Waals surface area contributed by atoms with Crippen LogP contribution in [0, 0.1) is 11.8 Å². The van der Waals surface area contributed by atoms with Crippen LogP contribution in [-0.2, 0) is 6.42 Å². The van der Waals surface area contributed by atoms with Gasteiger partial charge in [0.25, 0.3) is 0 Å². The number of carbonyl (C=O) groups excluding carboxylic acids is 1. The van der Waals surface area contributed by atoms with Gasteiger partial charge in [0, 0.05) is 25.7 Å². The van der Waals surface area contributed by atoms with Crippen molar-refractivity contribution in [1.29, 1.82) is 0 Å². The van der Waals surface area contributed by atoms with Gasteiger partial charge < -0.3 is 20.1 Å². The van der Waals surface area contributed by atoms with E-state index in [1.165, 1.54) is 0 Å². The highest BCUT2D eigenvalue weighted by molar-refractivity contribution is 5.74. The SMILES string of the molecule is COc1ccccc1C[C@@H](NC(=O)N1CCC[C@H](CO)C1)C(C)C. The maximum absolute atomic E-state index is 12.6. The summed E-state index contributed by atoms with van der Waals surface area (Å²) in [5.41, 5.74) is 1.10. The summed E-state index contributed by atoms with van der Waals surface area (Å²) in [6.07, 6.45) is 2.69. The summed E-state index contributed by atoms with van der Waals surface area (Å²) in [4.78, 5) is 14.5. The smallest absolute Gasteiger partial charge is 0.317 e. The number of aliphatic hydroxyl groups excluding tert-OH is 1. The molecule has 2 amide bonds. The molecule has 134 valence electrons. The van der Waals surface area contributed by atoms with Gasteiger partial charge in [-0.3, -0.25) is 0 Å². The molecular formula is C19H30N2O3. The number of ether oxygens (including phenoxy) is 1. The minimum Gasteiger partial charge on any atom is -0.496 e. The molecule has 1 heterocycles. The number of amides is 2. The Hall–Kier alpha value is -1.75. The van der Waals surface area contributed by atoms with Crippen molar-refractivity contribution in [2.45, 2.75) is 39.2 Å². The van der Waals surface area contributed by atoms with Crippen molar-refractivity contribution in [2.75, 3.05) is 26.8 Å². The monoisotopic (exact) mass is 334 g/mol. The van der Waals surface area contributed by atoms with Crippen LogP contribution in [0.2, 0.25) is 0 Å². The number of aliphatic hydroxyl groups is 1. The van der Waals surface area contributed by atoms with Crippen LogP contribution in [-0.4, -0.2) is 48.9 Å². The molecule has 2 N–H and O–H groups in total. The van der Waals surface area contributed by atoms with E-state index < -0.39 is 0 Å². The molecule has 0 radical (unpaired) electrons. The maximum Gasteiger partial charge on any atom is 0.317 e. The van der Waals surface area contributed by atoms with Gasteiger partial charge in [-0.1, -0.05) is 32.0 Å². The predicted molar refractivity (Wildman–Crippen MR) is 95.2 cm³/mol. The first-order valence-corrected chi connectivity index (χ1v) is 8.83. The molecular weight excluding hydrogens is 304 g/mol. The zero-order chi connectivity index (χ0) is 17.5. The number of carbonyl (C=O) groups is 1. The third-order valence-electron chi connectivity index (χ3n) is 4.81. The number of benzene rings is 1. The molecule has 1 fully saturated rings. The molecule has 0 aliphatic carbocycles. The fraction of sp³-hybridized carbons (Fsp3) is 0.632. The third kappa shape index (κ3) is 4.87. The van der Waals surface area contributed by atoms with E-state index in [9.17, 15) is 9.90 Å². The van der Waals surface area contributed by atoms with E-state index in [2.05, 4.69) is 19.2 Å². The van der Waals surface area contributed by atoms with E-state index in [0.29, 0.717) is 12.5 Å². The van der Waals surface area contributed by atoms with Gasteiger partial charge in [0.15, 0.2) is 0 Å². The first kappa shape index (κ1) is 18.6. The molecule has 1 aliphatic rings. The number of hydrogen-bond acceptors (Lipinski definition) is 3. The lowest BCUT2D eigenvalue weighted by molar-refractivity contribution is 0.126. The van der Waals surface area contributed by atoms with Gasteiger partial charge >= 0.3 is 6.03 Å². The van der Waals surface area contributed by atoms with Gasteiger partial charge in [-0.25, -0.2) is 4.79 Å². The standard InChI is InChI=1S/C19H30N2O3/c1-14(2)17(11-16-8-4-5-9-18(16)24-3)20-19(23)21-10-6-7-15(12-21)13-22/h4-5,8-9,14-15,17,22H,6-7,10-13H2,1-3H3,(H,20,23)/t15-,17+/m0/s1. The Kier molecular flexibility index (Phi) is 6.91. The van der Waals surface area contributed by atoms with E-state index >= 15 is 0 Å². The number of piperidine rings is 1. The number of nitrogens with one attached hydrogen (secondary N) is 1. The summed E-state index contributed by atoms with van der Waals surface area (Å²) in [6, 6.07) is 7.96.